The first-order valence-electron chi connectivity index (χ1n) is 8.29. The lowest BCUT2D eigenvalue weighted by Crippen LogP contribution is -2.36. The van der Waals surface area contributed by atoms with Crippen molar-refractivity contribution in [2.75, 3.05) is 18.0 Å². The van der Waals surface area contributed by atoms with Gasteiger partial charge < -0.3 is 11.5 Å². The van der Waals surface area contributed by atoms with Crippen LogP contribution in [0.1, 0.15) is 18.4 Å². The lowest BCUT2D eigenvalue weighted by Gasteiger charge is -2.33. The van der Waals surface area contributed by atoms with Crippen LogP contribution in [0.4, 0.5) is 20.3 Å². The minimum absolute atomic E-state index is 0.0888. The summed E-state index contributed by atoms with van der Waals surface area (Å²) < 4.78 is 25.7. The number of benzene rings is 1. The van der Waals surface area contributed by atoms with Crippen LogP contribution in [0, 0.1) is 5.92 Å². The lowest BCUT2D eigenvalue weighted by atomic mass is 9.81. The van der Waals surface area contributed by atoms with Crippen LogP contribution in [0.5, 0.6) is 0 Å². The molecule has 2 heterocycles. The maximum Gasteiger partial charge on any atom is 0.248 e. The Balaban J connectivity index is 1.61. The van der Waals surface area contributed by atoms with E-state index in [2.05, 4.69) is 20.2 Å². The van der Waals surface area contributed by atoms with Gasteiger partial charge in [-0.05, 0) is 18.1 Å². The summed E-state index contributed by atoms with van der Waals surface area (Å²) in [4.78, 5) is 8.66. The molecule has 0 saturated heterocycles. The van der Waals surface area contributed by atoms with Crippen LogP contribution in [0.25, 0.3) is 22.2 Å². The molecule has 134 valence electrons. The Labute approximate surface area is 148 Å². The van der Waals surface area contributed by atoms with Crippen LogP contribution in [0.3, 0.4) is 0 Å². The van der Waals surface area contributed by atoms with Crippen molar-refractivity contribution < 1.29 is 8.78 Å². The third-order valence-electron chi connectivity index (χ3n) is 4.67. The number of aromatic amines is 1. The van der Waals surface area contributed by atoms with Gasteiger partial charge in [-0.1, -0.05) is 12.1 Å². The summed E-state index contributed by atoms with van der Waals surface area (Å²) in [6, 6.07) is 7.53. The van der Waals surface area contributed by atoms with Gasteiger partial charge in [-0.2, -0.15) is 5.10 Å². The van der Waals surface area contributed by atoms with Gasteiger partial charge in [0.1, 0.15) is 5.82 Å². The first-order chi connectivity index (χ1) is 12.4. The lowest BCUT2D eigenvalue weighted by molar-refractivity contribution is -0.107. The zero-order valence-electron chi connectivity index (χ0n) is 13.9. The number of nitrogens with two attached hydrogens (primary N) is 2. The summed E-state index contributed by atoms with van der Waals surface area (Å²) in [6.07, 6.45) is 2.99. The van der Waals surface area contributed by atoms with Crippen molar-refractivity contribution in [3.8, 4) is 11.3 Å². The van der Waals surface area contributed by atoms with E-state index in [4.69, 9.17) is 11.5 Å². The van der Waals surface area contributed by atoms with E-state index in [0.717, 1.165) is 16.6 Å². The van der Waals surface area contributed by atoms with Gasteiger partial charge in [0.2, 0.25) is 5.92 Å². The van der Waals surface area contributed by atoms with Gasteiger partial charge in [-0.25, -0.2) is 13.8 Å². The molecule has 1 aliphatic rings. The number of aromatic nitrogens is 3. The molecule has 0 amide bonds. The second kappa shape index (κ2) is 6.05. The molecule has 3 aromatic rings. The number of fused-ring (bicyclic) bond motifs is 1. The Kier molecular flexibility index (Phi) is 3.82. The number of nitrogens with zero attached hydrogens (tertiary/aromatic N) is 3. The number of pyridine rings is 1. The highest BCUT2D eigenvalue weighted by Gasteiger charge is 2.44. The van der Waals surface area contributed by atoms with E-state index in [0.29, 0.717) is 23.3 Å². The van der Waals surface area contributed by atoms with Gasteiger partial charge in [-0.15, -0.1) is 0 Å². The summed E-state index contributed by atoms with van der Waals surface area (Å²) in [5.74, 6) is -2.36. The third kappa shape index (κ3) is 2.98. The Morgan fingerprint density at radius 1 is 1.27 bits per heavy atom. The fourth-order valence-electron chi connectivity index (χ4n) is 3.25. The van der Waals surface area contributed by atoms with Crippen molar-refractivity contribution in [2.45, 2.75) is 18.8 Å². The highest BCUT2D eigenvalue weighted by molar-refractivity contribution is 6.04. The molecule has 1 aliphatic carbocycles. The van der Waals surface area contributed by atoms with Gasteiger partial charge in [0.15, 0.2) is 0 Å². The van der Waals surface area contributed by atoms with E-state index in [-0.39, 0.29) is 24.6 Å². The Morgan fingerprint density at radius 2 is 2.08 bits per heavy atom. The van der Waals surface area contributed by atoms with Crippen LogP contribution in [0.2, 0.25) is 0 Å². The highest BCUT2D eigenvalue weighted by atomic mass is 19.3. The molecule has 6 nitrogen and oxygen atoms in total. The van der Waals surface area contributed by atoms with Crippen LogP contribution in [0.15, 0.2) is 35.5 Å². The van der Waals surface area contributed by atoms with Gasteiger partial charge in [0.05, 0.1) is 22.5 Å². The maximum absolute atomic E-state index is 12.9. The maximum atomic E-state index is 12.9. The average Bonchev–Trinajstić information content (AvgIpc) is 3.10. The molecular weight excluding hydrogens is 338 g/mol. The normalized spacial score (nSPS) is 17.0. The predicted octanol–water partition coefficient (Wildman–Crippen LogP) is 3.25. The molecule has 0 spiro atoms. The quantitative estimate of drug-likeness (QED) is 0.624. The molecular formula is C18H18F2N6. The van der Waals surface area contributed by atoms with Crippen molar-refractivity contribution >= 4 is 28.6 Å². The molecule has 5 N–H and O–H groups in total. The summed E-state index contributed by atoms with van der Waals surface area (Å²) in [5, 5.41) is 7.60. The molecule has 0 bridgehead atoms. The largest absolute Gasteiger partial charge is 0.398 e. The van der Waals surface area contributed by atoms with Gasteiger partial charge in [0.25, 0.3) is 0 Å². The van der Waals surface area contributed by atoms with Gasteiger partial charge >= 0.3 is 0 Å². The smallest absolute Gasteiger partial charge is 0.248 e. The zero-order valence-corrected chi connectivity index (χ0v) is 13.9. The van der Waals surface area contributed by atoms with Gasteiger partial charge in [0, 0.05) is 42.7 Å². The topological polar surface area (TPSA) is 106 Å². The van der Waals surface area contributed by atoms with E-state index >= 15 is 0 Å². The number of hydrogen-bond acceptors (Lipinski definition) is 5. The summed E-state index contributed by atoms with van der Waals surface area (Å²) in [6.45, 7) is 0.339. The minimum atomic E-state index is -2.53. The van der Waals surface area contributed by atoms with Crippen LogP contribution in [-0.2, 0) is 0 Å². The molecule has 0 unspecified atom stereocenters. The summed E-state index contributed by atoms with van der Waals surface area (Å²) >= 11 is 0. The number of rotatable bonds is 4. The van der Waals surface area contributed by atoms with Crippen LogP contribution < -0.4 is 11.5 Å². The second-order valence-electron chi connectivity index (χ2n) is 6.65. The molecule has 1 saturated carbocycles. The van der Waals surface area contributed by atoms with Crippen LogP contribution >= 0.6 is 0 Å². The number of H-pyrrole nitrogens is 1. The molecule has 2 aromatic heterocycles. The number of halogens is 2. The molecule has 8 heteroatoms. The number of nitrogen functional groups attached to an aromatic ring is 2. The SMILES string of the molecule is Nc1nc2cc(-c3ccn[nH]3)ccc2c(N)c1C=NCC1CC(F)(F)C1. The predicted molar refractivity (Wildman–Crippen MR) is 98.3 cm³/mol. The van der Waals surface area contributed by atoms with Crippen molar-refractivity contribution in [2.24, 2.45) is 10.9 Å². The van der Waals surface area contributed by atoms with Crippen molar-refractivity contribution in [1.29, 1.82) is 0 Å². The van der Waals surface area contributed by atoms with Crippen molar-refractivity contribution in [1.82, 2.24) is 15.2 Å². The summed E-state index contributed by atoms with van der Waals surface area (Å²) in [5.41, 5.74) is 15.8. The Hall–Kier alpha value is -3.03. The number of hydrogen-bond donors (Lipinski definition) is 3. The zero-order chi connectivity index (χ0) is 18.3. The van der Waals surface area contributed by atoms with Gasteiger partial charge in [-0.3, -0.25) is 10.1 Å². The number of alkyl halides is 2. The number of anilines is 2. The molecule has 0 aliphatic heterocycles. The van der Waals surface area contributed by atoms with Crippen molar-refractivity contribution in [3.05, 3.63) is 36.0 Å². The molecule has 4 rings (SSSR count). The molecule has 1 aromatic carbocycles. The van der Waals surface area contributed by atoms with Crippen LogP contribution in [-0.4, -0.2) is 33.9 Å². The number of nitrogens with one attached hydrogen (secondary N) is 1. The monoisotopic (exact) mass is 356 g/mol. The van der Waals surface area contributed by atoms with E-state index in [1.807, 2.05) is 24.3 Å². The first-order valence-corrected chi connectivity index (χ1v) is 8.29. The average molecular weight is 356 g/mol. The molecule has 1 fully saturated rings. The highest BCUT2D eigenvalue weighted by Crippen LogP contribution is 2.42. The molecule has 0 radical (unpaired) electrons. The van der Waals surface area contributed by atoms with E-state index < -0.39 is 5.92 Å². The first kappa shape index (κ1) is 16.4. The molecule has 0 atom stereocenters. The number of aliphatic imine (C=N–C) groups is 1. The Bertz CT molecular complexity index is 973. The van der Waals surface area contributed by atoms with E-state index in [9.17, 15) is 8.78 Å². The standard InChI is InChI=1S/C18H18F2N6/c19-18(20)6-10(7-18)8-23-9-13-16(21)12-2-1-11(14-3-4-24-26-14)5-15(12)25-17(13)22/h1-5,9-10H,6-8H2,(H,24,26)(H4,21,22,25). The fourth-order valence-corrected chi connectivity index (χ4v) is 3.25. The summed E-state index contributed by atoms with van der Waals surface area (Å²) in [7, 11) is 0. The fraction of sp³-hybridized carbons (Fsp3) is 0.278. The van der Waals surface area contributed by atoms with Crippen molar-refractivity contribution in [3.63, 3.8) is 0 Å². The molecule has 26 heavy (non-hydrogen) atoms. The van der Waals surface area contributed by atoms with E-state index in [1.54, 1.807) is 6.20 Å². The second-order valence-corrected chi connectivity index (χ2v) is 6.65. The third-order valence-corrected chi connectivity index (χ3v) is 4.67. The minimum Gasteiger partial charge on any atom is -0.398 e. The Morgan fingerprint density at radius 3 is 2.77 bits per heavy atom. The van der Waals surface area contributed by atoms with E-state index in [1.165, 1.54) is 6.21 Å².